The van der Waals surface area contributed by atoms with Crippen molar-refractivity contribution in [1.29, 1.82) is 0 Å². The average molecular weight is 346 g/mol. The molecule has 0 saturated carbocycles. The number of carboxylic acids is 1. The Morgan fingerprint density at radius 1 is 1.28 bits per heavy atom. The van der Waals surface area contributed by atoms with Crippen LogP contribution in [-0.2, 0) is 6.61 Å². The molecule has 25 heavy (non-hydrogen) atoms. The molecule has 0 aliphatic rings. The van der Waals surface area contributed by atoms with Crippen LogP contribution in [0, 0.1) is 18.6 Å². The van der Waals surface area contributed by atoms with E-state index in [0.29, 0.717) is 11.3 Å². The van der Waals surface area contributed by atoms with E-state index in [-0.39, 0.29) is 29.3 Å². The first-order valence-corrected chi connectivity index (χ1v) is 7.19. The van der Waals surface area contributed by atoms with Gasteiger partial charge in [0.25, 0.3) is 0 Å². The Bertz CT molecular complexity index is 923. The zero-order chi connectivity index (χ0) is 18.0. The summed E-state index contributed by atoms with van der Waals surface area (Å²) in [6.45, 7) is 1.56. The minimum atomic E-state index is -1.10. The normalized spacial score (nSPS) is 10.7. The van der Waals surface area contributed by atoms with Crippen molar-refractivity contribution >= 4 is 5.97 Å². The molecule has 0 unspecified atom stereocenters. The van der Waals surface area contributed by atoms with Gasteiger partial charge in [-0.2, -0.15) is 0 Å². The molecule has 0 spiro atoms. The van der Waals surface area contributed by atoms with Gasteiger partial charge in [-0.15, -0.1) is 0 Å². The van der Waals surface area contributed by atoms with Crippen molar-refractivity contribution in [2.75, 3.05) is 0 Å². The molecule has 3 rings (SSSR count). The van der Waals surface area contributed by atoms with E-state index in [0.717, 1.165) is 12.3 Å². The summed E-state index contributed by atoms with van der Waals surface area (Å²) < 4.78 is 38.0. The van der Waals surface area contributed by atoms with E-state index in [9.17, 15) is 13.6 Å². The van der Waals surface area contributed by atoms with Crippen LogP contribution in [0.3, 0.4) is 0 Å². The van der Waals surface area contributed by atoms with Gasteiger partial charge in [-0.3, -0.25) is 0 Å². The number of aromatic carboxylic acids is 1. The molecule has 0 aliphatic heterocycles. The molecule has 0 fully saturated rings. The number of hydrogen-bond acceptors (Lipinski definition) is 5. The lowest BCUT2D eigenvalue weighted by atomic mass is 10.1. The van der Waals surface area contributed by atoms with Gasteiger partial charge in [0.2, 0.25) is 5.88 Å². The molecule has 1 aromatic carbocycles. The van der Waals surface area contributed by atoms with Crippen molar-refractivity contribution in [3.05, 3.63) is 65.1 Å². The van der Waals surface area contributed by atoms with Crippen LogP contribution in [0.1, 0.15) is 21.7 Å². The average Bonchev–Trinajstić information content (AvgIpc) is 2.96. The molecule has 6 nitrogen and oxygen atoms in total. The predicted molar refractivity (Wildman–Crippen MR) is 82.1 cm³/mol. The van der Waals surface area contributed by atoms with Crippen molar-refractivity contribution in [3.63, 3.8) is 0 Å². The molecule has 2 aromatic heterocycles. The summed E-state index contributed by atoms with van der Waals surface area (Å²) >= 11 is 0. The van der Waals surface area contributed by atoms with Crippen molar-refractivity contribution in [3.8, 4) is 17.1 Å². The lowest BCUT2D eigenvalue weighted by molar-refractivity contribution is 0.0696. The van der Waals surface area contributed by atoms with Gasteiger partial charge in [0.05, 0.1) is 11.1 Å². The Kier molecular flexibility index (Phi) is 4.42. The Balaban J connectivity index is 1.85. The first-order chi connectivity index (χ1) is 12.0. The van der Waals surface area contributed by atoms with E-state index in [1.54, 1.807) is 6.92 Å². The van der Waals surface area contributed by atoms with Crippen LogP contribution in [-0.4, -0.2) is 21.2 Å². The van der Waals surface area contributed by atoms with Crippen LogP contribution in [0.25, 0.3) is 11.3 Å². The number of hydrogen-bond donors (Lipinski definition) is 1. The third kappa shape index (κ3) is 3.32. The Hall–Kier alpha value is -3.29. The second kappa shape index (κ2) is 6.68. The van der Waals surface area contributed by atoms with Crippen LogP contribution in [0.4, 0.5) is 8.78 Å². The van der Waals surface area contributed by atoms with E-state index in [2.05, 4.69) is 10.1 Å². The monoisotopic (exact) mass is 346 g/mol. The quantitative estimate of drug-likeness (QED) is 0.760. The fraction of sp³-hybridized carbons (Fsp3) is 0.118. The second-order valence-electron chi connectivity index (χ2n) is 5.15. The number of aromatic nitrogens is 2. The minimum Gasteiger partial charge on any atom is -0.478 e. The van der Waals surface area contributed by atoms with Crippen molar-refractivity contribution < 1.29 is 27.9 Å². The van der Waals surface area contributed by atoms with Gasteiger partial charge in [0.15, 0.2) is 11.6 Å². The third-order valence-corrected chi connectivity index (χ3v) is 3.54. The van der Waals surface area contributed by atoms with Crippen molar-refractivity contribution in [2.45, 2.75) is 13.5 Å². The number of nitrogens with zero attached hydrogens (tertiary/aromatic N) is 2. The fourth-order valence-electron chi connectivity index (χ4n) is 2.20. The van der Waals surface area contributed by atoms with Gasteiger partial charge in [-0.25, -0.2) is 18.6 Å². The van der Waals surface area contributed by atoms with Crippen LogP contribution in [0.5, 0.6) is 5.88 Å². The highest BCUT2D eigenvalue weighted by Gasteiger charge is 2.20. The number of halogens is 2. The van der Waals surface area contributed by atoms with Gasteiger partial charge in [0.1, 0.15) is 18.1 Å². The molecular weight excluding hydrogens is 334 g/mol. The first-order valence-electron chi connectivity index (χ1n) is 7.19. The summed E-state index contributed by atoms with van der Waals surface area (Å²) in [6.07, 6.45) is 1.16. The van der Waals surface area contributed by atoms with Crippen LogP contribution < -0.4 is 4.74 Å². The SMILES string of the molecule is Cc1onc(-c2cccc(F)c2F)c1COc1ccc(C(=O)O)cn1. The van der Waals surface area contributed by atoms with E-state index in [4.69, 9.17) is 14.4 Å². The molecule has 1 N–H and O–H groups in total. The molecular formula is C17H12F2N2O4. The molecule has 0 amide bonds. The molecule has 0 aliphatic carbocycles. The number of carboxylic acid groups (broad SMARTS) is 1. The van der Waals surface area contributed by atoms with Gasteiger partial charge in [-0.1, -0.05) is 11.2 Å². The van der Waals surface area contributed by atoms with E-state index >= 15 is 0 Å². The lowest BCUT2D eigenvalue weighted by Crippen LogP contribution is -2.02. The molecule has 0 bridgehead atoms. The zero-order valence-electron chi connectivity index (χ0n) is 13.0. The highest BCUT2D eigenvalue weighted by atomic mass is 19.2. The molecule has 3 aromatic rings. The highest BCUT2D eigenvalue weighted by Crippen LogP contribution is 2.29. The molecule has 0 saturated heterocycles. The highest BCUT2D eigenvalue weighted by molar-refractivity contribution is 5.87. The Morgan fingerprint density at radius 3 is 2.76 bits per heavy atom. The van der Waals surface area contributed by atoms with E-state index < -0.39 is 17.6 Å². The third-order valence-electron chi connectivity index (χ3n) is 3.54. The topological polar surface area (TPSA) is 85.5 Å². The molecule has 128 valence electrons. The predicted octanol–water partition coefficient (Wildman–Crippen LogP) is 3.60. The van der Waals surface area contributed by atoms with Crippen LogP contribution in [0.15, 0.2) is 41.1 Å². The number of aryl methyl sites for hydroxylation is 1. The lowest BCUT2D eigenvalue weighted by Gasteiger charge is -2.07. The summed E-state index contributed by atoms with van der Waals surface area (Å²) in [4.78, 5) is 14.7. The fourth-order valence-corrected chi connectivity index (χ4v) is 2.20. The number of carbonyl (C=O) groups is 1. The summed E-state index contributed by atoms with van der Waals surface area (Å²) in [6, 6.07) is 6.51. The zero-order valence-corrected chi connectivity index (χ0v) is 13.0. The summed E-state index contributed by atoms with van der Waals surface area (Å²) in [5, 5.41) is 12.6. The van der Waals surface area contributed by atoms with Gasteiger partial charge in [0, 0.05) is 17.8 Å². The second-order valence-corrected chi connectivity index (χ2v) is 5.15. The largest absolute Gasteiger partial charge is 0.478 e. The van der Waals surface area contributed by atoms with Gasteiger partial charge < -0.3 is 14.4 Å². The Labute approximate surface area is 140 Å². The standard InChI is InChI=1S/C17H12F2N2O4/c1-9-12(8-24-14-6-5-10(7-20-14)17(22)23)16(21-25-9)11-3-2-4-13(18)15(11)19/h2-7H,8H2,1H3,(H,22,23). The van der Waals surface area contributed by atoms with Gasteiger partial charge in [-0.05, 0) is 25.1 Å². The van der Waals surface area contributed by atoms with Crippen molar-refractivity contribution in [2.24, 2.45) is 0 Å². The molecule has 8 heteroatoms. The maximum absolute atomic E-state index is 14.0. The number of rotatable bonds is 5. The number of benzene rings is 1. The number of ether oxygens (including phenoxy) is 1. The van der Waals surface area contributed by atoms with Crippen LogP contribution in [0.2, 0.25) is 0 Å². The van der Waals surface area contributed by atoms with E-state index in [1.165, 1.54) is 24.3 Å². The maximum atomic E-state index is 14.0. The summed E-state index contributed by atoms with van der Waals surface area (Å²) in [7, 11) is 0. The van der Waals surface area contributed by atoms with Gasteiger partial charge >= 0.3 is 5.97 Å². The summed E-state index contributed by atoms with van der Waals surface area (Å²) in [5.74, 6) is -2.55. The van der Waals surface area contributed by atoms with Crippen LogP contribution >= 0.6 is 0 Å². The molecule has 2 heterocycles. The number of pyridine rings is 1. The van der Waals surface area contributed by atoms with Crippen molar-refractivity contribution in [1.82, 2.24) is 10.1 Å². The maximum Gasteiger partial charge on any atom is 0.337 e. The smallest absolute Gasteiger partial charge is 0.337 e. The Morgan fingerprint density at radius 2 is 2.08 bits per heavy atom. The molecule has 0 atom stereocenters. The first kappa shape index (κ1) is 16.6. The van der Waals surface area contributed by atoms with E-state index in [1.807, 2.05) is 0 Å². The minimum absolute atomic E-state index is 0.0241. The summed E-state index contributed by atoms with van der Waals surface area (Å²) in [5.41, 5.74) is 0.561. The molecule has 0 radical (unpaired) electrons.